The molecule has 0 bridgehead atoms. The van der Waals surface area contributed by atoms with Crippen molar-refractivity contribution in [2.75, 3.05) is 32.5 Å². The van der Waals surface area contributed by atoms with Gasteiger partial charge in [-0.3, -0.25) is 4.99 Å². The van der Waals surface area contributed by atoms with Crippen molar-refractivity contribution in [3.05, 3.63) is 29.8 Å². The van der Waals surface area contributed by atoms with Crippen LogP contribution in [0.3, 0.4) is 0 Å². The zero-order valence-electron chi connectivity index (χ0n) is 14.8. The number of nitrogens with two attached hydrogens (primary N) is 1. The minimum Gasteiger partial charge on any atom is -0.370 e. The third-order valence-electron chi connectivity index (χ3n) is 3.65. The molecule has 0 aromatic heterocycles. The summed E-state index contributed by atoms with van der Waals surface area (Å²) in [5.41, 5.74) is 8.25. The molecule has 0 saturated heterocycles. The van der Waals surface area contributed by atoms with Gasteiger partial charge in [0.15, 0.2) is 5.96 Å². The molecule has 0 saturated carbocycles. The average molecular weight is 432 g/mol. The Balaban J connectivity index is 0.00000484. The molecule has 0 unspecified atom stereocenters. The van der Waals surface area contributed by atoms with Gasteiger partial charge in [-0.25, -0.2) is 0 Å². The van der Waals surface area contributed by atoms with Crippen LogP contribution in [0.15, 0.2) is 29.3 Å². The van der Waals surface area contributed by atoms with Crippen LogP contribution in [-0.2, 0) is 6.42 Å². The fraction of sp³-hybridized carbons (Fsp3) is 0.611. The van der Waals surface area contributed by atoms with E-state index >= 15 is 0 Å². The highest BCUT2D eigenvalue weighted by Crippen LogP contribution is 2.10. The topological polar surface area (TPSA) is 53.6 Å². The van der Waals surface area contributed by atoms with Crippen molar-refractivity contribution in [2.24, 2.45) is 10.7 Å². The first-order valence-corrected chi connectivity index (χ1v) is 8.42. The van der Waals surface area contributed by atoms with E-state index in [0.717, 1.165) is 25.1 Å². The van der Waals surface area contributed by atoms with E-state index in [1.165, 1.54) is 37.8 Å². The number of hydrogen-bond donors (Lipinski definition) is 2. The van der Waals surface area contributed by atoms with E-state index < -0.39 is 0 Å². The van der Waals surface area contributed by atoms with Gasteiger partial charge in [-0.2, -0.15) is 0 Å². The molecule has 1 rings (SSSR count). The Morgan fingerprint density at radius 3 is 2.52 bits per heavy atom. The minimum atomic E-state index is 0. The summed E-state index contributed by atoms with van der Waals surface area (Å²) in [6.07, 6.45) is 7.25. The number of benzene rings is 1. The molecule has 0 amide bonds. The van der Waals surface area contributed by atoms with Crippen molar-refractivity contribution in [1.82, 2.24) is 4.90 Å². The number of aryl methyl sites for hydroxylation is 1. The lowest BCUT2D eigenvalue weighted by atomic mass is 10.1. The van der Waals surface area contributed by atoms with Crippen LogP contribution in [-0.4, -0.2) is 38.0 Å². The maximum atomic E-state index is 5.93. The Morgan fingerprint density at radius 1 is 1.13 bits per heavy atom. The first-order valence-electron chi connectivity index (χ1n) is 8.42. The molecule has 0 aliphatic rings. The van der Waals surface area contributed by atoms with Crippen LogP contribution in [0.2, 0.25) is 0 Å². The fourth-order valence-corrected chi connectivity index (χ4v) is 2.33. The largest absolute Gasteiger partial charge is 0.370 e. The molecule has 1 aromatic carbocycles. The van der Waals surface area contributed by atoms with Gasteiger partial charge in [0, 0.05) is 12.2 Å². The van der Waals surface area contributed by atoms with E-state index in [-0.39, 0.29) is 24.0 Å². The second kappa shape index (κ2) is 13.6. The van der Waals surface area contributed by atoms with Crippen LogP contribution in [0.5, 0.6) is 0 Å². The molecule has 0 aliphatic carbocycles. The second-order valence-corrected chi connectivity index (χ2v) is 6.02. The summed E-state index contributed by atoms with van der Waals surface area (Å²) in [6.45, 7) is 4.14. The van der Waals surface area contributed by atoms with Crippen LogP contribution in [0.1, 0.15) is 44.6 Å². The molecule has 3 N–H and O–H groups in total. The molecular formula is C18H33IN4. The van der Waals surface area contributed by atoms with Crippen LogP contribution in [0.25, 0.3) is 0 Å². The zero-order valence-corrected chi connectivity index (χ0v) is 17.2. The van der Waals surface area contributed by atoms with Crippen molar-refractivity contribution < 1.29 is 0 Å². The lowest BCUT2D eigenvalue weighted by Crippen LogP contribution is -2.22. The van der Waals surface area contributed by atoms with Gasteiger partial charge < -0.3 is 16.0 Å². The SMILES string of the molecule is CCc1cccc(NC(N)=NCCCCCCCN(C)C)c1.I. The number of nitrogens with zero attached hydrogens (tertiary/aromatic N) is 2. The first kappa shape index (κ1) is 22.2. The molecule has 0 radical (unpaired) electrons. The van der Waals surface area contributed by atoms with Crippen LogP contribution >= 0.6 is 24.0 Å². The molecule has 0 aliphatic heterocycles. The van der Waals surface area contributed by atoms with Gasteiger partial charge in [0.2, 0.25) is 0 Å². The summed E-state index contributed by atoms with van der Waals surface area (Å²) in [4.78, 5) is 6.64. The second-order valence-electron chi connectivity index (χ2n) is 6.02. The summed E-state index contributed by atoms with van der Waals surface area (Å²) >= 11 is 0. The molecule has 0 fully saturated rings. The van der Waals surface area contributed by atoms with E-state index in [1.54, 1.807) is 0 Å². The van der Waals surface area contributed by atoms with Gasteiger partial charge in [-0.15, -0.1) is 24.0 Å². The van der Waals surface area contributed by atoms with Crippen LogP contribution < -0.4 is 11.1 Å². The van der Waals surface area contributed by atoms with Gasteiger partial charge in [0.1, 0.15) is 0 Å². The van der Waals surface area contributed by atoms with Crippen LogP contribution in [0, 0.1) is 0 Å². The highest BCUT2D eigenvalue weighted by atomic mass is 127. The van der Waals surface area contributed by atoms with Crippen molar-refractivity contribution in [1.29, 1.82) is 0 Å². The lowest BCUT2D eigenvalue weighted by molar-refractivity contribution is 0.390. The number of rotatable bonds is 10. The van der Waals surface area contributed by atoms with E-state index in [9.17, 15) is 0 Å². The number of aliphatic imine (C=N–C) groups is 1. The standard InChI is InChI=1S/C18H32N4.HI/c1-4-16-11-10-12-17(15-16)21-18(19)20-13-8-6-5-7-9-14-22(2)3;/h10-12,15H,4-9,13-14H2,1-3H3,(H3,19,20,21);1H. The van der Waals surface area contributed by atoms with Crippen LogP contribution in [0.4, 0.5) is 5.69 Å². The van der Waals surface area contributed by atoms with Gasteiger partial charge >= 0.3 is 0 Å². The quantitative estimate of drug-likeness (QED) is 0.253. The van der Waals surface area contributed by atoms with E-state index in [1.807, 2.05) is 12.1 Å². The summed E-state index contributed by atoms with van der Waals surface area (Å²) in [5, 5.41) is 3.16. The van der Waals surface area contributed by atoms with Crippen molar-refractivity contribution in [3.63, 3.8) is 0 Å². The Bertz CT molecular complexity index is 446. The van der Waals surface area contributed by atoms with Crippen molar-refractivity contribution in [2.45, 2.75) is 45.4 Å². The smallest absolute Gasteiger partial charge is 0.193 e. The Labute approximate surface area is 158 Å². The molecule has 23 heavy (non-hydrogen) atoms. The maximum absolute atomic E-state index is 5.93. The van der Waals surface area contributed by atoms with Gasteiger partial charge in [0.05, 0.1) is 0 Å². The monoisotopic (exact) mass is 432 g/mol. The number of guanidine groups is 1. The van der Waals surface area contributed by atoms with E-state index in [2.05, 4.69) is 48.4 Å². The summed E-state index contributed by atoms with van der Waals surface area (Å²) in [6, 6.07) is 8.30. The number of nitrogens with one attached hydrogen (secondary N) is 1. The van der Waals surface area contributed by atoms with Crippen molar-refractivity contribution in [3.8, 4) is 0 Å². The highest BCUT2D eigenvalue weighted by Gasteiger charge is 1.97. The fourth-order valence-electron chi connectivity index (χ4n) is 2.33. The Morgan fingerprint density at radius 2 is 1.83 bits per heavy atom. The molecular weight excluding hydrogens is 399 g/mol. The van der Waals surface area contributed by atoms with Gasteiger partial charge in [-0.05, 0) is 57.6 Å². The number of halogens is 1. The molecule has 5 heteroatoms. The predicted molar refractivity (Wildman–Crippen MR) is 113 cm³/mol. The minimum absolute atomic E-state index is 0. The number of hydrogen-bond acceptors (Lipinski definition) is 2. The number of unbranched alkanes of at least 4 members (excludes halogenated alkanes) is 4. The van der Waals surface area contributed by atoms with E-state index in [0.29, 0.717) is 5.96 Å². The van der Waals surface area contributed by atoms with Gasteiger partial charge in [0.25, 0.3) is 0 Å². The van der Waals surface area contributed by atoms with E-state index in [4.69, 9.17) is 5.73 Å². The van der Waals surface area contributed by atoms with Gasteiger partial charge in [-0.1, -0.05) is 38.3 Å². The molecule has 4 nitrogen and oxygen atoms in total. The Kier molecular flexibility index (Phi) is 13.1. The molecule has 1 aromatic rings. The highest BCUT2D eigenvalue weighted by molar-refractivity contribution is 14.0. The first-order chi connectivity index (χ1) is 10.6. The summed E-state index contributed by atoms with van der Waals surface area (Å²) in [7, 11) is 4.25. The number of anilines is 1. The normalized spacial score (nSPS) is 11.4. The lowest BCUT2D eigenvalue weighted by Gasteiger charge is -2.08. The maximum Gasteiger partial charge on any atom is 0.193 e. The third kappa shape index (κ3) is 11.4. The van der Waals surface area contributed by atoms with Crippen molar-refractivity contribution >= 4 is 35.6 Å². The Hall–Kier alpha value is -0.820. The molecule has 0 atom stereocenters. The average Bonchev–Trinajstić information content (AvgIpc) is 2.49. The molecule has 132 valence electrons. The molecule has 0 spiro atoms. The predicted octanol–water partition coefficient (Wildman–Crippen LogP) is 4.11. The summed E-state index contributed by atoms with van der Waals surface area (Å²) < 4.78 is 0. The molecule has 0 heterocycles. The third-order valence-corrected chi connectivity index (χ3v) is 3.65. The zero-order chi connectivity index (χ0) is 16.2. The summed E-state index contributed by atoms with van der Waals surface area (Å²) in [5.74, 6) is 0.515.